The Bertz CT molecular complexity index is 409. The van der Waals surface area contributed by atoms with Gasteiger partial charge in [-0.3, -0.25) is 5.09 Å². The predicted octanol–water partition coefficient (Wildman–Crippen LogP) is 4.56. The van der Waals surface area contributed by atoms with Gasteiger partial charge in [-0.25, -0.2) is 0 Å². The number of unbranched alkanes of at least 4 members (excludes halogenated alkanes) is 3. The van der Waals surface area contributed by atoms with Crippen molar-refractivity contribution in [1.29, 1.82) is 0 Å². The molecule has 0 radical (unpaired) electrons. The quantitative estimate of drug-likeness (QED) is 0.586. The topological polar surface area (TPSA) is 29.1 Å². The molecule has 0 spiro atoms. The van der Waals surface area contributed by atoms with Gasteiger partial charge < -0.3 is 4.57 Å². The van der Waals surface area contributed by atoms with Crippen LogP contribution in [0, 0.1) is 0 Å². The standard InChI is InChI=1S/C16H28NOP/c1-5-6-7-11-14-17-19(18,16(2,3)4)15-12-9-8-10-13-15/h8-10,12-13H,5-7,11,14H2,1-4H3,(H,17,18). The lowest BCUT2D eigenvalue weighted by atomic mass is 10.2. The molecule has 1 rings (SSSR count). The molecule has 1 aromatic rings. The van der Waals surface area contributed by atoms with E-state index in [0.717, 1.165) is 18.3 Å². The van der Waals surface area contributed by atoms with Gasteiger partial charge >= 0.3 is 0 Å². The van der Waals surface area contributed by atoms with E-state index >= 15 is 0 Å². The lowest BCUT2D eigenvalue weighted by molar-refractivity contribution is 0.540. The molecular weight excluding hydrogens is 253 g/mol. The van der Waals surface area contributed by atoms with Crippen LogP contribution in [-0.2, 0) is 4.57 Å². The Hall–Kier alpha value is -0.590. The summed E-state index contributed by atoms with van der Waals surface area (Å²) in [5, 5.41) is 4.06. The summed E-state index contributed by atoms with van der Waals surface area (Å²) in [6, 6.07) is 9.85. The molecule has 0 bridgehead atoms. The van der Waals surface area contributed by atoms with Crippen molar-refractivity contribution in [1.82, 2.24) is 5.09 Å². The van der Waals surface area contributed by atoms with Crippen molar-refractivity contribution in [3.63, 3.8) is 0 Å². The van der Waals surface area contributed by atoms with Crippen molar-refractivity contribution in [2.45, 2.75) is 58.5 Å². The third-order valence-electron chi connectivity index (χ3n) is 3.43. The van der Waals surface area contributed by atoms with Crippen LogP contribution < -0.4 is 10.4 Å². The Kier molecular flexibility index (Phi) is 6.29. The molecule has 0 saturated heterocycles. The van der Waals surface area contributed by atoms with E-state index in [0.29, 0.717) is 0 Å². The van der Waals surface area contributed by atoms with Crippen LogP contribution in [0.4, 0.5) is 0 Å². The molecule has 1 unspecified atom stereocenters. The monoisotopic (exact) mass is 281 g/mol. The Morgan fingerprint density at radius 2 is 1.68 bits per heavy atom. The van der Waals surface area contributed by atoms with Gasteiger partial charge in [0.1, 0.15) is 0 Å². The predicted molar refractivity (Wildman–Crippen MR) is 85.6 cm³/mol. The summed E-state index contributed by atoms with van der Waals surface area (Å²) in [6.07, 6.45) is 4.80. The summed E-state index contributed by atoms with van der Waals surface area (Å²) in [6.45, 7) is 9.21. The van der Waals surface area contributed by atoms with Crippen LogP contribution in [0.25, 0.3) is 0 Å². The average Bonchev–Trinajstić information content (AvgIpc) is 2.38. The van der Waals surface area contributed by atoms with Crippen LogP contribution in [0.1, 0.15) is 53.4 Å². The highest BCUT2D eigenvalue weighted by Crippen LogP contribution is 2.52. The molecule has 0 aliphatic rings. The summed E-state index contributed by atoms with van der Waals surface area (Å²) in [5.41, 5.74) is 0. The molecule has 0 saturated carbocycles. The van der Waals surface area contributed by atoms with E-state index in [-0.39, 0.29) is 5.16 Å². The molecule has 1 N–H and O–H groups in total. The number of nitrogens with one attached hydrogen (secondary N) is 1. The second-order valence-corrected chi connectivity index (χ2v) is 9.48. The maximum atomic E-state index is 13.4. The largest absolute Gasteiger partial charge is 0.301 e. The van der Waals surface area contributed by atoms with Crippen molar-refractivity contribution in [2.75, 3.05) is 6.54 Å². The summed E-state index contributed by atoms with van der Waals surface area (Å²) in [7, 11) is -2.55. The van der Waals surface area contributed by atoms with E-state index in [1.807, 2.05) is 30.3 Å². The highest BCUT2D eigenvalue weighted by molar-refractivity contribution is 7.71. The molecule has 0 heterocycles. The van der Waals surface area contributed by atoms with Crippen LogP contribution in [0.5, 0.6) is 0 Å². The molecule has 0 aliphatic heterocycles. The fourth-order valence-corrected chi connectivity index (χ4v) is 4.64. The minimum absolute atomic E-state index is 0.251. The third kappa shape index (κ3) is 4.47. The van der Waals surface area contributed by atoms with Gasteiger partial charge in [-0.05, 0) is 6.42 Å². The molecule has 19 heavy (non-hydrogen) atoms. The fraction of sp³-hybridized carbons (Fsp3) is 0.625. The van der Waals surface area contributed by atoms with Crippen molar-refractivity contribution < 1.29 is 4.57 Å². The maximum Gasteiger partial charge on any atom is 0.181 e. The van der Waals surface area contributed by atoms with Gasteiger partial charge in [-0.1, -0.05) is 77.3 Å². The number of hydrogen-bond acceptors (Lipinski definition) is 1. The van der Waals surface area contributed by atoms with Gasteiger partial charge in [0.15, 0.2) is 7.29 Å². The van der Waals surface area contributed by atoms with Crippen LogP contribution in [-0.4, -0.2) is 11.7 Å². The lowest BCUT2D eigenvalue weighted by Gasteiger charge is -2.32. The van der Waals surface area contributed by atoms with Crippen LogP contribution >= 0.6 is 7.29 Å². The van der Waals surface area contributed by atoms with E-state index in [9.17, 15) is 4.57 Å². The van der Waals surface area contributed by atoms with Crippen molar-refractivity contribution in [3.8, 4) is 0 Å². The zero-order valence-corrected chi connectivity index (χ0v) is 13.7. The normalized spacial score (nSPS) is 15.2. The van der Waals surface area contributed by atoms with E-state index in [1.165, 1.54) is 19.3 Å². The van der Waals surface area contributed by atoms with Crippen LogP contribution in [0.3, 0.4) is 0 Å². The summed E-state index contributed by atoms with van der Waals surface area (Å²) < 4.78 is 13.4. The van der Waals surface area contributed by atoms with Crippen molar-refractivity contribution in [3.05, 3.63) is 30.3 Å². The van der Waals surface area contributed by atoms with E-state index in [4.69, 9.17) is 0 Å². The molecule has 0 aromatic heterocycles. The minimum atomic E-state index is -2.55. The smallest absolute Gasteiger partial charge is 0.181 e. The van der Waals surface area contributed by atoms with Gasteiger partial charge in [-0.15, -0.1) is 0 Å². The molecule has 1 atom stereocenters. The molecule has 0 amide bonds. The lowest BCUT2D eigenvalue weighted by Crippen LogP contribution is -2.33. The van der Waals surface area contributed by atoms with E-state index in [2.05, 4.69) is 32.8 Å². The number of hydrogen-bond donors (Lipinski definition) is 1. The van der Waals surface area contributed by atoms with Gasteiger partial charge in [0.25, 0.3) is 0 Å². The van der Waals surface area contributed by atoms with Crippen molar-refractivity contribution in [2.24, 2.45) is 0 Å². The van der Waals surface area contributed by atoms with E-state index < -0.39 is 7.29 Å². The molecule has 1 aromatic carbocycles. The van der Waals surface area contributed by atoms with Crippen LogP contribution in [0.15, 0.2) is 30.3 Å². The Balaban J connectivity index is 2.76. The van der Waals surface area contributed by atoms with E-state index in [1.54, 1.807) is 0 Å². The van der Waals surface area contributed by atoms with Crippen LogP contribution in [0.2, 0.25) is 0 Å². The van der Waals surface area contributed by atoms with Gasteiger partial charge in [0.2, 0.25) is 0 Å². The second-order valence-electron chi connectivity index (χ2n) is 6.08. The third-order valence-corrected chi connectivity index (χ3v) is 7.01. The SMILES string of the molecule is CCCCCCNP(=O)(c1ccccc1)C(C)(C)C. The Morgan fingerprint density at radius 1 is 1.05 bits per heavy atom. The zero-order chi connectivity index (χ0) is 14.4. The molecule has 3 heteroatoms. The Labute approximate surface area is 118 Å². The maximum absolute atomic E-state index is 13.4. The first-order chi connectivity index (χ1) is 8.92. The molecule has 2 nitrogen and oxygen atoms in total. The van der Waals surface area contributed by atoms with Gasteiger partial charge in [-0.2, -0.15) is 0 Å². The molecule has 0 fully saturated rings. The first-order valence-corrected chi connectivity index (χ1v) is 9.03. The molecule has 0 aliphatic carbocycles. The first kappa shape index (κ1) is 16.5. The highest BCUT2D eigenvalue weighted by atomic mass is 31.2. The highest BCUT2D eigenvalue weighted by Gasteiger charge is 2.37. The summed E-state index contributed by atoms with van der Waals surface area (Å²) in [4.78, 5) is 0. The summed E-state index contributed by atoms with van der Waals surface area (Å²) in [5.74, 6) is 0. The minimum Gasteiger partial charge on any atom is -0.301 e. The average molecular weight is 281 g/mol. The van der Waals surface area contributed by atoms with Crippen molar-refractivity contribution >= 4 is 12.6 Å². The number of benzene rings is 1. The molecule has 108 valence electrons. The fourth-order valence-electron chi connectivity index (χ4n) is 2.14. The zero-order valence-electron chi connectivity index (χ0n) is 12.8. The first-order valence-electron chi connectivity index (χ1n) is 7.32. The number of rotatable bonds is 7. The van der Waals surface area contributed by atoms with Gasteiger partial charge in [0.05, 0.1) is 0 Å². The second kappa shape index (κ2) is 7.26. The van der Waals surface area contributed by atoms with Gasteiger partial charge in [0, 0.05) is 17.0 Å². The summed E-state index contributed by atoms with van der Waals surface area (Å²) >= 11 is 0. The Morgan fingerprint density at radius 3 is 2.21 bits per heavy atom. The molecular formula is C16H28NOP.